The van der Waals surface area contributed by atoms with Crippen molar-refractivity contribution in [2.24, 2.45) is 11.8 Å². The van der Waals surface area contributed by atoms with Gasteiger partial charge in [-0.1, -0.05) is 84.1 Å². The largest absolute Gasteiger partial charge is 0.300 e. The molecule has 1 atom stereocenters. The van der Waals surface area contributed by atoms with Crippen LogP contribution in [0.4, 0.5) is 0 Å². The number of carbonyl (C=O) groups excluding carboxylic acids is 1. The Morgan fingerprint density at radius 1 is 1.12 bits per heavy atom. The lowest BCUT2D eigenvalue weighted by molar-refractivity contribution is -0.117. The molecule has 1 nitrogen and oxygen atoms in total. The molecule has 0 aromatic heterocycles. The van der Waals surface area contributed by atoms with Crippen molar-refractivity contribution in [1.82, 2.24) is 0 Å². The van der Waals surface area contributed by atoms with Crippen molar-refractivity contribution in [3.63, 3.8) is 0 Å². The average molecular weight is 351 g/mol. The molecule has 0 aromatic rings. The minimum atomic E-state index is 0.291. The smallest absolute Gasteiger partial charge is 0.129 e. The molecule has 0 aliphatic heterocycles. The predicted molar refractivity (Wildman–Crippen MR) is 115 cm³/mol. The molecule has 1 saturated carbocycles. The van der Waals surface area contributed by atoms with Crippen LogP contribution in [-0.4, -0.2) is 5.78 Å². The molecule has 0 radical (unpaired) electrons. The van der Waals surface area contributed by atoms with E-state index in [2.05, 4.69) is 32.1 Å². The van der Waals surface area contributed by atoms with Crippen molar-refractivity contribution < 1.29 is 4.79 Å². The fourth-order valence-electron chi connectivity index (χ4n) is 2.94. The van der Waals surface area contributed by atoms with E-state index in [-0.39, 0.29) is 0 Å². The van der Waals surface area contributed by atoms with Crippen LogP contribution in [0.5, 0.6) is 0 Å². The number of rotatable bonds is 10. The number of allylic oxidation sites excluding steroid dienone is 4. The molecule has 1 rings (SSSR count). The summed E-state index contributed by atoms with van der Waals surface area (Å²) in [5.74, 6) is 2.02. The number of ketones is 1. The zero-order valence-corrected chi connectivity index (χ0v) is 18.2. The molecule has 25 heavy (non-hydrogen) atoms. The van der Waals surface area contributed by atoms with Gasteiger partial charge in [0, 0.05) is 6.42 Å². The van der Waals surface area contributed by atoms with Gasteiger partial charge < -0.3 is 4.79 Å². The summed E-state index contributed by atoms with van der Waals surface area (Å²) in [6.45, 7) is 12.3. The standard InChI is InChI=1S/C14H26.C8H14O.C2H6/c1-3-4-5-8-13(2)11-12-14-9-6-7-10-14;1-3-4-5-6-7-8(2)9;1-2/h11-14H,3-10H2,1-2H3;3-4H,5-7H2,1-2H3;1-2H3/b12-11+;4-3-;. The van der Waals surface area contributed by atoms with E-state index < -0.39 is 0 Å². The predicted octanol–water partition coefficient (Wildman–Crippen LogP) is 8.30. The zero-order chi connectivity index (χ0) is 19.3. The first-order valence-electron chi connectivity index (χ1n) is 10.9. The van der Waals surface area contributed by atoms with Crippen molar-refractivity contribution in [2.75, 3.05) is 0 Å². The Balaban J connectivity index is 0. The van der Waals surface area contributed by atoms with Crippen molar-refractivity contribution >= 4 is 5.78 Å². The van der Waals surface area contributed by atoms with Crippen LogP contribution in [0.2, 0.25) is 0 Å². The first-order chi connectivity index (χ1) is 12.1. The first-order valence-corrected chi connectivity index (χ1v) is 10.9. The SMILES string of the molecule is C/C=C\CCCC(C)=O.CC.CCCCCC(C)/C=C/C1CCCC1. The van der Waals surface area contributed by atoms with Crippen LogP contribution in [0.3, 0.4) is 0 Å². The number of hydrogen-bond donors (Lipinski definition) is 0. The third kappa shape index (κ3) is 21.1. The summed E-state index contributed by atoms with van der Waals surface area (Å²) in [7, 11) is 0. The van der Waals surface area contributed by atoms with Gasteiger partial charge in [-0.05, 0) is 57.8 Å². The molecule has 1 aliphatic carbocycles. The van der Waals surface area contributed by atoms with Crippen LogP contribution in [0.1, 0.15) is 112 Å². The number of hydrogen-bond acceptors (Lipinski definition) is 1. The van der Waals surface area contributed by atoms with Gasteiger partial charge >= 0.3 is 0 Å². The lowest BCUT2D eigenvalue weighted by atomic mass is 9.99. The maximum Gasteiger partial charge on any atom is 0.129 e. The van der Waals surface area contributed by atoms with Crippen molar-refractivity contribution in [2.45, 2.75) is 112 Å². The summed E-state index contributed by atoms with van der Waals surface area (Å²) in [6.07, 6.45) is 23.2. The lowest BCUT2D eigenvalue weighted by Gasteiger charge is -2.07. The van der Waals surface area contributed by atoms with E-state index in [9.17, 15) is 4.79 Å². The van der Waals surface area contributed by atoms with Crippen molar-refractivity contribution in [3.8, 4) is 0 Å². The highest BCUT2D eigenvalue weighted by Gasteiger charge is 2.11. The third-order valence-corrected chi connectivity index (χ3v) is 4.51. The second kappa shape index (κ2) is 21.2. The van der Waals surface area contributed by atoms with Gasteiger partial charge in [-0.2, -0.15) is 0 Å². The molecule has 0 aromatic carbocycles. The Morgan fingerprint density at radius 2 is 1.76 bits per heavy atom. The van der Waals surface area contributed by atoms with Crippen LogP contribution < -0.4 is 0 Å². The topological polar surface area (TPSA) is 17.1 Å². The highest BCUT2D eigenvalue weighted by molar-refractivity contribution is 5.75. The molecular formula is C24H46O. The van der Waals surface area contributed by atoms with Crippen molar-refractivity contribution in [1.29, 1.82) is 0 Å². The summed E-state index contributed by atoms with van der Waals surface area (Å²) in [5.41, 5.74) is 0. The first kappa shape index (κ1) is 26.4. The van der Waals surface area contributed by atoms with E-state index in [4.69, 9.17) is 0 Å². The molecule has 1 unspecified atom stereocenters. The highest BCUT2D eigenvalue weighted by atomic mass is 16.1. The summed E-state index contributed by atoms with van der Waals surface area (Å²) >= 11 is 0. The monoisotopic (exact) mass is 350 g/mol. The second-order valence-corrected chi connectivity index (χ2v) is 7.07. The Morgan fingerprint density at radius 3 is 2.28 bits per heavy atom. The number of unbranched alkanes of at least 4 members (excludes halogenated alkanes) is 3. The summed E-state index contributed by atoms with van der Waals surface area (Å²) in [5, 5.41) is 0. The van der Waals surface area contributed by atoms with E-state index in [1.165, 1.54) is 51.4 Å². The Labute approximate surface area is 159 Å². The Kier molecular flexibility index (Phi) is 22.4. The second-order valence-electron chi connectivity index (χ2n) is 7.07. The van der Waals surface area contributed by atoms with E-state index in [1.807, 2.05) is 26.8 Å². The summed E-state index contributed by atoms with van der Waals surface area (Å²) < 4.78 is 0. The van der Waals surface area contributed by atoms with Gasteiger partial charge in [-0.3, -0.25) is 0 Å². The molecule has 0 heterocycles. The fourth-order valence-corrected chi connectivity index (χ4v) is 2.94. The third-order valence-electron chi connectivity index (χ3n) is 4.51. The quantitative estimate of drug-likeness (QED) is 0.286. The van der Waals surface area contributed by atoms with E-state index in [1.54, 1.807) is 6.92 Å². The van der Waals surface area contributed by atoms with Crippen LogP contribution in [0.15, 0.2) is 24.3 Å². The van der Waals surface area contributed by atoms with Crippen LogP contribution >= 0.6 is 0 Å². The minimum Gasteiger partial charge on any atom is -0.300 e. The Hall–Kier alpha value is -0.850. The van der Waals surface area contributed by atoms with Crippen LogP contribution in [-0.2, 0) is 4.79 Å². The van der Waals surface area contributed by atoms with Crippen molar-refractivity contribution in [3.05, 3.63) is 24.3 Å². The maximum atomic E-state index is 10.4. The molecule has 1 fully saturated rings. The van der Waals surface area contributed by atoms with Gasteiger partial charge in [0.05, 0.1) is 0 Å². The van der Waals surface area contributed by atoms with E-state index in [0.29, 0.717) is 5.78 Å². The molecular weight excluding hydrogens is 304 g/mol. The molecule has 0 bridgehead atoms. The molecule has 0 amide bonds. The van der Waals surface area contributed by atoms with Gasteiger partial charge in [-0.15, -0.1) is 0 Å². The van der Waals surface area contributed by atoms with E-state index in [0.717, 1.165) is 31.1 Å². The normalized spacial score (nSPS) is 15.6. The van der Waals surface area contributed by atoms with Crippen LogP contribution in [0, 0.1) is 11.8 Å². The summed E-state index contributed by atoms with van der Waals surface area (Å²) in [4.78, 5) is 10.4. The van der Waals surface area contributed by atoms with E-state index >= 15 is 0 Å². The molecule has 0 spiro atoms. The highest BCUT2D eigenvalue weighted by Crippen LogP contribution is 2.26. The average Bonchev–Trinajstić information content (AvgIpc) is 3.13. The van der Waals surface area contributed by atoms with Gasteiger partial charge in [0.25, 0.3) is 0 Å². The van der Waals surface area contributed by atoms with Gasteiger partial charge in [-0.25, -0.2) is 0 Å². The minimum absolute atomic E-state index is 0.291. The number of Topliss-reactive ketones (excluding diaryl/α,β-unsaturated/α-hetero) is 1. The molecule has 0 saturated heterocycles. The summed E-state index contributed by atoms with van der Waals surface area (Å²) in [6, 6.07) is 0. The van der Waals surface area contributed by atoms with Crippen LogP contribution in [0.25, 0.3) is 0 Å². The molecule has 1 heteroatoms. The molecule has 148 valence electrons. The van der Waals surface area contributed by atoms with Gasteiger partial charge in [0.15, 0.2) is 0 Å². The van der Waals surface area contributed by atoms with Gasteiger partial charge in [0.2, 0.25) is 0 Å². The zero-order valence-electron chi connectivity index (χ0n) is 18.2. The molecule has 0 N–H and O–H groups in total. The lowest BCUT2D eigenvalue weighted by Crippen LogP contribution is -1.92. The Bertz CT molecular complexity index is 321. The number of carbonyl (C=O) groups is 1. The maximum absolute atomic E-state index is 10.4. The van der Waals surface area contributed by atoms with Gasteiger partial charge in [0.1, 0.15) is 5.78 Å². The molecule has 1 aliphatic rings. The fraction of sp³-hybridized carbons (Fsp3) is 0.792.